The molecule has 0 radical (unpaired) electrons. The number of fused-ring (bicyclic) bond motifs is 1. The molecule has 2 heterocycles. The number of carbonyl (C=O) groups is 1. The molecule has 0 saturated heterocycles. The van der Waals surface area contributed by atoms with Crippen molar-refractivity contribution in [1.82, 2.24) is 15.0 Å². The summed E-state index contributed by atoms with van der Waals surface area (Å²) in [4.78, 5) is 24.1. The highest BCUT2D eigenvalue weighted by Crippen LogP contribution is 2.18. The molecule has 7 heteroatoms. The van der Waals surface area contributed by atoms with Crippen molar-refractivity contribution in [3.63, 3.8) is 0 Å². The molecule has 0 aliphatic rings. The molecular weight excluding hydrogens is 366 g/mol. The molecule has 7 nitrogen and oxygen atoms in total. The van der Waals surface area contributed by atoms with Crippen LogP contribution in [0.3, 0.4) is 0 Å². The lowest BCUT2D eigenvalue weighted by Gasteiger charge is -2.07. The first-order valence-electron chi connectivity index (χ1n) is 9.29. The third kappa shape index (κ3) is 4.35. The zero-order valence-electron chi connectivity index (χ0n) is 16.0. The number of benzene rings is 2. The maximum atomic E-state index is 12.3. The van der Waals surface area contributed by atoms with E-state index in [2.05, 4.69) is 37.7 Å². The minimum absolute atomic E-state index is 0.253. The predicted molar refractivity (Wildman–Crippen MR) is 113 cm³/mol. The summed E-state index contributed by atoms with van der Waals surface area (Å²) in [6.45, 7) is 0.716. The van der Waals surface area contributed by atoms with Gasteiger partial charge in [0.15, 0.2) is 0 Å². The fraction of sp³-hybridized carbons (Fsp3) is 0.136. The van der Waals surface area contributed by atoms with E-state index in [9.17, 15) is 4.79 Å². The van der Waals surface area contributed by atoms with E-state index in [-0.39, 0.29) is 11.6 Å². The van der Waals surface area contributed by atoms with Gasteiger partial charge in [-0.15, -0.1) is 0 Å². The number of H-pyrrole nitrogens is 1. The maximum absolute atomic E-state index is 12.3. The maximum Gasteiger partial charge on any atom is 0.275 e. The summed E-state index contributed by atoms with van der Waals surface area (Å²) in [7, 11) is 1.60. The molecule has 2 aromatic carbocycles. The van der Waals surface area contributed by atoms with E-state index in [1.807, 2.05) is 18.3 Å². The van der Waals surface area contributed by atoms with Crippen molar-refractivity contribution in [3.8, 4) is 5.75 Å². The van der Waals surface area contributed by atoms with E-state index in [0.717, 1.165) is 17.7 Å². The summed E-state index contributed by atoms with van der Waals surface area (Å²) < 4.78 is 5.11. The Kier molecular flexibility index (Phi) is 5.38. The standard InChI is InChI=1S/C22H21N5O2/c1-29-17-8-6-16(7-9-17)27-22(28)20-13-26-21(14-25-20)23-11-10-15-12-24-19-5-3-2-4-18(15)19/h2-9,12-14,24H,10-11H2,1H3,(H,23,26)(H,27,28). The summed E-state index contributed by atoms with van der Waals surface area (Å²) in [5.41, 5.74) is 3.30. The fourth-order valence-corrected chi connectivity index (χ4v) is 3.07. The number of hydrogen-bond donors (Lipinski definition) is 3. The van der Waals surface area contributed by atoms with Crippen LogP contribution < -0.4 is 15.4 Å². The number of ether oxygens (including phenoxy) is 1. The number of aromatic amines is 1. The van der Waals surface area contributed by atoms with Crippen molar-refractivity contribution in [3.05, 3.63) is 78.4 Å². The number of carbonyl (C=O) groups excluding carboxylic acids is 1. The van der Waals surface area contributed by atoms with E-state index in [4.69, 9.17) is 4.74 Å². The van der Waals surface area contributed by atoms with Gasteiger partial charge in [0, 0.05) is 29.3 Å². The van der Waals surface area contributed by atoms with Gasteiger partial charge in [0.2, 0.25) is 0 Å². The van der Waals surface area contributed by atoms with Gasteiger partial charge in [0.25, 0.3) is 5.91 Å². The van der Waals surface area contributed by atoms with Crippen LogP contribution in [0.25, 0.3) is 10.9 Å². The number of aromatic nitrogens is 3. The molecule has 0 aliphatic heterocycles. The second kappa shape index (κ2) is 8.43. The molecule has 4 aromatic rings. The van der Waals surface area contributed by atoms with Gasteiger partial charge in [-0.3, -0.25) is 4.79 Å². The molecular formula is C22H21N5O2. The van der Waals surface area contributed by atoms with Crippen LogP contribution in [0, 0.1) is 0 Å². The van der Waals surface area contributed by atoms with E-state index in [1.54, 1.807) is 37.6 Å². The van der Waals surface area contributed by atoms with Crippen molar-refractivity contribution in [2.24, 2.45) is 0 Å². The van der Waals surface area contributed by atoms with Gasteiger partial charge in [0.1, 0.15) is 17.3 Å². The lowest BCUT2D eigenvalue weighted by atomic mass is 10.1. The van der Waals surface area contributed by atoms with Crippen LogP contribution in [0.4, 0.5) is 11.5 Å². The molecule has 0 unspecified atom stereocenters. The van der Waals surface area contributed by atoms with Gasteiger partial charge in [-0.25, -0.2) is 9.97 Å². The number of anilines is 2. The number of hydrogen-bond acceptors (Lipinski definition) is 5. The Morgan fingerprint density at radius 2 is 1.90 bits per heavy atom. The molecule has 3 N–H and O–H groups in total. The number of methoxy groups -OCH3 is 1. The largest absolute Gasteiger partial charge is 0.497 e. The van der Waals surface area contributed by atoms with Crippen LogP contribution in [-0.2, 0) is 6.42 Å². The van der Waals surface area contributed by atoms with Gasteiger partial charge in [-0.05, 0) is 42.3 Å². The van der Waals surface area contributed by atoms with Crippen LogP contribution >= 0.6 is 0 Å². The summed E-state index contributed by atoms with van der Waals surface area (Å²) in [5.74, 6) is 1.05. The number of amides is 1. The molecule has 0 fully saturated rings. The van der Waals surface area contributed by atoms with Crippen molar-refractivity contribution >= 4 is 28.3 Å². The van der Waals surface area contributed by atoms with Gasteiger partial charge >= 0.3 is 0 Å². The average molecular weight is 387 g/mol. The minimum atomic E-state index is -0.312. The SMILES string of the molecule is COc1ccc(NC(=O)c2cnc(NCCc3c[nH]c4ccccc34)cn2)cc1. The minimum Gasteiger partial charge on any atom is -0.497 e. The fourth-order valence-electron chi connectivity index (χ4n) is 3.07. The summed E-state index contributed by atoms with van der Waals surface area (Å²) in [6, 6.07) is 15.3. The highest BCUT2D eigenvalue weighted by molar-refractivity contribution is 6.02. The zero-order valence-corrected chi connectivity index (χ0v) is 16.0. The first-order chi connectivity index (χ1) is 14.2. The second-order valence-corrected chi connectivity index (χ2v) is 6.51. The second-order valence-electron chi connectivity index (χ2n) is 6.51. The highest BCUT2D eigenvalue weighted by Gasteiger charge is 2.09. The van der Waals surface area contributed by atoms with Gasteiger partial charge in [-0.2, -0.15) is 0 Å². The van der Waals surface area contributed by atoms with Crippen molar-refractivity contribution < 1.29 is 9.53 Å². The van der Waals surface area contributed by atoms with Crippen molar-refractivity contribution in [2.45, 2.75) is 6.42 Å². The first-order valence-corrected chi connectivity index (χ1v) is 9.29. The Morgan fingerprint density at radius 3 is 2.66 bits per heavy atom. The molecule has 4 rings (SSSR count). The monoisotopic (exact) mass is 387 g/mol. The third-order valence-corrected chi connectivity index (χ3v) is 4.61. The molecule has 2 aromatic heterocycles. The molecule has 0 bridgehead atoms. The Hall–Kier alpha value is -3.87. The van der Waals surface area contributed by atoms with Crippen LogP contribution in [0.15, 0.2) is 67.1 Å². The quantitative estimate of drug-likeness (QED) is 0.448. The molecule has 146 valence electrons. The number of nitrogens with one attached hydrogen (secondary N) is 3. The van der Waals surface area contributed by atoms with E-state index in [1.165, 1.54) is 17.1 Å². The molecule has 29 heavy (non-hydrogen) atoms. The normalized spacial score (nSPS) is 10.7. The lowest BCUT2D eigenvalue weighted by Crippen LogP contribution is -2.15. The number of rotatable bonds is 7. The first kappa shape index (κ1) is 18.5. The van der Waals surface area contributed by atoms with Crippen LogP contribution in [-0.4, -0.2) is 34.5 Å². The highest BCUT2D eigenvalue weighted by atomic mass is 16.5. The van der Waals surface area contributed by atoms with Crippen molar-refractivity contribution in [2.75, 3.05) is 24.3 Å². The molecule has 1 amide bonds. The topological polar surface area (TPSA) is 91.9 Å². The van der Waals surface area contributed by atoms with Crippen LogP contribution in [0.2, 0.25) is 0 Å². The van der Waals surface area contributed by atoms with Crippen LogP contribution in [0.1, 0.15) is 16.1 Å². The smallest absolute Gasteiger partial charge is 0.275 e. The van der Waals surface area contributed by atoms with E-state index in [0.29, 0.717) is 18.1 Å². The van der Waals surface area contributed by atoms with Gasteiger partial charge < -0.3 is 20.4 Å². The Bertz CT molecular complexity index is 1100. The third-order valence-electron chi connectivity index (χ3n) is 4.61. The number of nitrogens with zero attached hydrogens (tertiary/aromatic N) is 2. The predicted octanol–water partition coefficient (Wildman–Crippen LogP) is 3.87. The molecule has 0 saturated carbocycles. The van der Waals surface area contributed by atoms with E-state index >= 15 is 0 Å². The Balaban J connectivity index is 1.32. The zero-order chi connectivity index (χ0) is 20.1. The van der Waals surface area contributed by atoms with Gasteiger partial charge in [0.05, 0.1) is 19.5 Å². The Morgan fingerprint density at radius 1 is 1.07 bits per heavy atom. The molecule has 0 aliphatic carbocycles. The number of para-hydroxylation sites is 1. The molecule has 0 spiro atoms. The summed E-state index contributed by atoms with van der Waals surface area (Å²) >= 11 is 0. The Labute approximate surface area is 168 Å². The summed E-state index contributed by atoms with van der Waals surface area (Å²) in [5, 5.41) is 7.26. The van der Waals surface area contributed by atoms with Gasteiger partial charge in [-0.1, -0.05) is 18.2 Å². The van der Waals surface area contributed by atoms with Crippen molar-refractivity contribution in [1.29, 1.82) is 0 Å². The lowest BCUT2D eigenvalue weighted by molar-refractivity contribution is 0.102. The van der Waals surface area contributed by atoms with E-state index < -0.39 is 0 Å². The average Bonchev–Trinajstić information content (AvgIpc) is 3.18. The van der Waals surface area contributed by atoms with Crippen LogP contribution in [0.5, 0.6) is 5.75 Å². The molecule has 0 atom stereocenters. The summed E-state index contributed by atoms with van der Waals surface area (Å²) in [6.07, 6.45) is 5.92.